The first-order valence-corrected chi connectivity index (χ1v) is 8.23. The van der Waals surface area contributed by atoms with E-state index in [1.165, 1.54) is 0 Å². The van der Waals surface area contributed by atoms with Gasteiger partial charge in [0, 0.05) is 18.5 Å². The third kappa shape index (κ3) is 2.24. The van der Waals surface area contributed by atoms with Crippen molar-refractivity contribution < 1.29 is 4.79 Å². The van der Waals surface area contributed by atoms with Gasteiger partial charge < -0.3 is 9.47 Å². The number of hydrogen-bond acceptors (Lipinski definition) is 3. The van der Waals surface area contributed by atoms with Crippen molar-refractivity contribution in [2.45, 2.75) is 13.1 Å². The molecule has 2 aromatic heterocycles. The minimum atomic E-state index is -0.157. The van der Waals surface area contributed by atoms with E-state index in [9.17, 15) is 4.79 Å². The van der Waals surface area contributed by atoms with Gasteiger partial charge in [0.15, 0.2) is 5.82 Å². The molecule has 124 valence electrons. The summed E-state index contributed by atoms with van der Waals surface area (Å²) in [6, 6.07) is 15.6. The third-order valence-corrected chi connectivity index (χ3v) is 4.64. The van der Waals surface area contributed by atoms with Crippen LogP contribution in [0.3, 0.4) is 0 Å². The van der Waals surface area contributed by atoms with Crippen LogP contribution in [-0.4, -0.2) is 37.2 Å². The molecule has 2 aromatic carbocycles. The molecular formula is C18H16N6O. The number of para-hydroxylation sites is 3. The number of carbonyl (C=O) groups is 1. The van der Waals surface area contributed by atoms with Gasteiger partial charge in [0.2, 0.25) is 0 Å². The Morgan fingerprint density at radius 3 is 2.88 bits per heavy atom. The third-order valence-electron chi connectivity index (χ3n) is 4.64. The molecule has 0 aliphatic carbocycles. The molecular weight excluding hydrogens is 316 g/mol. The topological polar surface area (TPSA) is 78.8 Å². The van der Waals surface area contributed by atoms with Gasteiger partial charge in [-0.3, -0.25) is 10.4 Å². The van der Waals surface area contributed by atoms with E-state index in [1.807, 2.05) is 42.5 Å². The molecule has 1 aliphatic rings. The Morgan fingerprint density at radius 2 is 1.92 bits per heavy atom. The van der Waals surface area contributed by atoms with E-state index in [0.29, 0.717) is 18.9 Å². The molecule has 0 atom stereocenters. The Bertz CT molecular complexity index is 1100. The lowest BCUT2D eigenvalue weighted by atomic mass is 10.2. The molecule has 3 heterocycles. The maximum Gasteiger partial charge on any atom is 0.323 e. The fraction of sp³-hybridized carbons (Fsp3) is 0.167. The number of H-pyrrole nitrogens is 1. The van der Waals surface area contributed by atoms with E-state index in [-0.39, 0.29) is 6.03 Å². The zero-order chi connectivity index (χ0) is 16.8. The normalized spacial score (nSPS) is 14.0. The number of amides is 2. The van der Waals surface area contributed by atoms with Crippen LogP contribution >= 0.6 is 0 Å². The number of carbonyl (C=O) groups excluding carboxylic acids is 1. The van der Waals surface area contributed by atoms with Crippen LogP contribution in [0.15, 0.2) is 48.5 Å². The molecule has 0 fully saturated rings. The average molecular weight is 332 g/mol. The number of rotatable bonds is 1. The van der Waals surface area contributed by atoms with Gasteiger partial charge in [-0.1, -0.05) is 24.3 Å². The summed E-state index contributed by atoms with van der Waals surface area (Å²) in [6.45, 7) is 1.87. The number of urea groups is 1. The lowest BCUT2D eigenvalue weighted by Gasteiger charge is -2.27. The van der Waals surface area contributed by atoms with Gasteiger partial charge in [0.1, 0.15) is 5.82 Å². The molecule has 0 spiro atoms. The Balaban J connectivity index is 1.40. The number of nitrogens with zero attached hydrogens (tertiary/aromatic N) is 4. The van der Waals surface area contributed by atoms with Gasteiger partial charge in [-0.2, -0.15) is 5.10 Å². The van der Waals surface area contributed by atoms with Crippen molar-refractivity contribution in [3.05, 3.63) is 54.4 Å². The molecule has 2 N–H and O–H groups in total. The van der Waals surface area contributed by atoms with Crippen LogP contribution in [0.5, 0.6) is 0 Å². The van der Waals surface area contributed by atoms with Crippen molar-refractivity contribution in [2.75, 3.05) is 11.9 Å². The quantitative estimate of drug-likeness (QED) is 0.562. The number of aromatic amines is 1. The number of aromatic nitrogens is 4. The maximum absolute atomic E-state index is 12.7. The minimum absolute atomic E-state index is 0.157. The Hall–Kier alpha value is -3.35. The smallest absolute Gasteiger partial charge is 0.323 e. The van der Waals surface area contributed by atoms with Crippen LogP contribution in [0, 0.1) is 0 Å². The zero-order valence-corrected chi connectivity index (χ0v) is 13.4. The van der Waals surface area contributed by atoms with Gasteiger partial charge in [0.05, 0.1) is 23.1 Å². The highest BCUT2D eigenvalue weighted by molar-refractivity contribution is 5.98. The predicted molar refractivity (Wildman–Crippen MR) is 95.3 cm³/mol. The predicted octanol–water partition coefficient (Wildman–Crippen LogP) is 2.96. The fourth-order valence-electron chi connectivity index (χ4n) is 3.38. The number of imidazole rings is 1. The molecule has 7 nitrogen and oxygen atoms in total. The number of nitrogens with one attached hydrogen (secondary N) is 2. The van der Waals surface area contributed by atoms with Crippen LogP contribution in [0.2, 0.25) is 0 Å². The second-order valence-corrected chi connectivity index (χ2v) is 6.14. The SMILES string of the molecule is O=C(Nc1n[nH]c2ccccc12)N1CCn2c(nc3ccccc32)C1. The van der Waals surface area contributed by atoms with E-state index in [2.05, 4.69) is 31.1 Å². The van der Waals surface area contributed by atoms with Crippen molar-refractivity contribution in [1.82, 2.24) is 24.6 Å². The van der Waals surface area contributed by atoms with Crippen LogP contribution < -0.4 is 5.32 Å². The van der Waals surface area contributed by atoms with Gasteiger partial charge >= 0.3 is 6.03 Å². The summed E-state index contributed by atoms with van der Waals surface area (Å²) in [6.07, 6.45) is 0. The Labute approximate surface area is 143 Å². The molecule has 1 aliphatic heterocycles. The van der Waals surface area contributed by atoms with Gasteiger partial charge in [-0.15, -0.1) is 0 Å². The lowest BCUT2D eigenvalue weighted by molar-refractivity contribution is 0.196. The Morgan fingerprint density at radius 1 is 1.08 bits per heavy atom. The summed E-state index contributed by atoms with van der Waals surface area (Å²) < 4.78 is 2.18. The van der Waals surface area contributed by atoms with Crippen molar-refractivity contribution in [1.29, 1.82) is 0 Å². The summed E-state index contributed by atoms with van der Waals surface area (Å²) in [7, 11) is 0. The van der Waals surface area contributed by atoms with Crippen molar-refractivity contribution >= 4 is 33.8 Å². The molecule has 0 radical (unpaired) electrons. The van der Waals surface area contributed by atoms with E-state index in [4.69, 9.17) is 0 Å². The second-order valence-electron chi connectivity index (χ2n) is 6.14. The molecule has 2 amide bonds. The first-order valence-electron chi connectivity index (χ1n) is 8.23. The number of benzene rings is 2. The fourth-order valence-corrected chi connectivity index (χ4v) is 3.38. The van der Waals surface area contributed by atoms with Gasteiger partial charge in [0.25, 0.3) is 0 Å². The number of anilines is 1. The molecule has 4 aromatic rings. The molecule has 5 rings (SSSR count). The van der Waals surface area contributed by atoms with Crippen LogP contribution in [0.4, 0.5) is 10.6 Å². The molecule has 7 heteroatoms. The van der Waals surface area contributed by atoms with Gasteiger partial charge in [-0.05, 0) is 24.3 Å². The van der Waals surface area contributed by atoms with Crippen LogP contribution in [-0.2, 0) is 13.1 Å². The minimum Gasteiger partial charge on any atom is -0.325 e. The van der Waals surface area contributed by atoms with E-state index in [0.717, 1.165) is 34.3 Å². The summed E-state index contributed by atoms with van der Waals surface area (Å²) in [4.78, 5) is 19.1. The average Bonchev–Trinajstić information content (AvgIpc) is 3.22. The summed E-state index contributed by atoms with van der Waals surface area (Å²) in [5.41, 5.74) is 2.99. The highest BCUT2D eigenvalue weighted by Gasteiger charge is 2.24. The highest BCUT2D eigenvalue weighted by atomic mass is 16.2. The first kappa shape index (κ1) is 14.0. The zero-order valence-electron chi connectivity index (χ0n) is 13.4. The second kappa shape index (κ2) is 5.34. The van der Waals surface area contributed by atoms with E-state index >= 15 is 0 Å². The van der Waals surface area contributed by atoms with Crippen molar-refractivity contribution in [3.63, 3.8) is 0 Å². The first-order chi connectivity index (χ1) is 12.3. The van der Waals surface area contributed by atoms with Crippen LogP contribution in [0.25, 0.3) is 21.9 Å². The van der Waals surface area contributed by atoms with E-state index in [1.54, 1.807) is 4.90 Å². The number of hydrogen-bond donors (Lipinski definition) is 2. The molecule has 0 bridgehead atoms. The van der Waals surface area contributed by atoms with Gasteiger partial charge in [-0.25, -0.2) is 9.78 Å². The standard InChI is InChI=1S/C18H16N6O/c25-18(20-17-12-5-1-2-6-13(12)21-22-17)23-9-10-24-15-8-4-3-7-14(15)19-16(24)11-23/h1-8H,9-11H2,(H2,20,21,22,25). The Kier molecular flexibility index (Phi) is 3.00. The van der Waals surface area contributed by atoms with E-state index < -0.39 is 0 Å². The maximum atomic E-state index is 12.7. The molecule has 0 unspecified atom stereocenters. The largest absolute Gasteiger partial charge is 0.325 e. The van der Waals surface area contributed by atoms with Crippen LogP contribution in [0.1, 0.15) is 5.82 Å². The lowest BCUT2D eigenvalue weighted by Crippen LogP contribution is -2.41. The van der Waals surface area contributed by atoms with Crippen molar-refractivity contribution in [2.24, 2.45) is 0 Å². The molecule has 25 heavy (non-hydrogen) atoms. The van der Waals surface area contributed by atoms with Crippen molar-refractivity contribution in [3.8, 4) is 0 Å². The summed E-state index contributed by atoms with van der Waals surface area (Å²) in [5, 5.41) is 10.9. The monoisotopic (exact) mass is 332 g/mol. The molecule has 0 saturated carbocycles. The summed E-state index contributed by atoms with van der Waals surface area (Å²) >= 11 is 0. The number of fused-ring (bicyclic) bond motifs is 4. The molecule has 0 saturated heterocycles. The summed E-state index contributed by atoms with van der Waals surface area (Å²) in [5.74, 6) is 1.47. The highest BCUT2D eigenvalue weighted by Crippen LogP contribution is 2.23.